The molecular formula is C28H31NO4. The van der Waals surface area contributed by atoms with E-state index in [-0.39, 0.29) is 5.43 Å². The lowest BCUT2D eigenvalue weighted by Gasteiger charge is -2.17. The standard InChI is InChI=1S/C28H31NO4/c1-5-29(6-2)13-14-32-28(31)21-10-12-25-24(17-21)26(30)23-11-9-20(27(23)33-25)16-22-15-18(3)7-8-19(22)4/h7-8,10,12,15-17H,5-6,9,11,13-14H2,1-4H3. The molecule has 0 spiro atoms. The van der Waals surface area contributed by atoms with Gasteiger partial charge in [-0.15, -0.1) is 0 Å². The zero-order valence-electron chi connectivity index (χ0n) is 19.9. The molecule has 4 rings (SSSR count). The second-order valence-electron chi connectivity index (χ2n) is 8.64. The van der Waals surface area contributed by atoms with Gasteiger partial charge in [-0.1, -0.05) is 37.6 Å². The Morgan fingerprint density at radius 2 is 1.88 bits per heavy atom. The number of carbonyl (C=O) groups is 1. The van der Waals surface area contributed by atoms with Gasteiger partial charge in [-0.2, -0.15) is 0 Å². The number of likely N-dealkylation sites (N-methyl/N-ethyl adjacent to an activating group) is 1. The number of ether oxygens (including phenoxy) is 1. The van der Waals surface area contributed by atoms with E-state index in [1.807, 2.05) is 0 Å². The van der Waals surface area contributed by atoms with Gasteiger partial charge in [0.25, 0.3) is 0 Å². The predicted molar refractivity (Wildman–Crippen MR) is 133 cm³/mol. The number of aryl methyl sites for hydroxylation is 2. The van der Waals surface area contributed by atoms with Crippen molar-refractivity contribution in [3.8, 4) is 0 Å². The molecule has 2 aromatic carbocycles. The van der Waals surface area contributed by atoms with E-state index in [1.165, 1.54) is 11.1 Å². The van der Waals surface area contributed by atoms with Crippen LogP contribution >= 0.6 is 0 Å². The van der Waals surface area contributed by atoms with E-state index >= 15 is 0 Å². The van der Waals surface area contributed by atoms with Gasteiger partial charge in [0.2, 0.25) is 0 Å². The average Bonchev–Trinajstić information content (AvgIpc) is 3.21. The van der Waals surface area contributed by atoms with Crippen molar-refractivity contribution in [2.75, 3.05) is 26.2 Å². The van der Waals surface area contributed by atoms with Crippen LogP contribution in [0.2, 0.25) is 0 Å². The molecule has 1 aliphatic carbocycles. The van der Waals surface area contributed by atoms with E-state index in [2.05, 4.69) is 56.9 Å². The molecule has 0 saturated carbocycles. The smallest absolute Gasteiger partial charge is 0.338 e. The first-order valence-corrected chi connectivity index (χ1v) is 11.7. The fourth-order valence-corrected chi connectivity index (χ4v) is 4.35. The van der Waals surface area contributed by atoms with Crippen molar-refractivity contribution in [1.29, 1.82) is 0 Å². The van der Waals surface area contributed by atoms with Gasteiger partial charge in [-0.05, 0) is 80.8 Å². The molecular weight excluding hydrogens is 414 g/mol. The first-order chi connectivity index (χ1) is 15.9. The molecule has 1 aliphatic rings. The number of nitrogens with zero attached hydrogens (tertiary/aromatic N) is 1. The molecule has 0 N–H and O–H groups in total. The third-order valence-corrected chi connectivity index (χ3v) is 6.46. The molecule has 0 unspecified atom stereocenters. The van der Waals surface area contributed by atoms with Crippen molar-refractivity contribution in [2.24, 2.45) is 0 Å². The van der Waals surface area contributed by atoms with Crippen molar-refractivity contribution in [3.63, 3.8) is 0 Å². The van der Waals surface area contributed by atoms with Crippen molar-refractivity contribution in [3.05, 3.63) is 80.2 Å². The van der Waals surface area contributed by atoms with Crippen LogP contribution in [0.5, 0.6) is 0 Å². The molecule has 0 radical (unpaired) electrons. The third kappa shape index (κ3) is 4.79. The lowest BCUT2D eigenvalue weighted by Crippen LogP contribution is -2.27. The highest BCUT2D eigenvalue weighted by molar-refractivity contribution is 5.95. The molecule has 33 heavy (non-hydrogen) atoms. The molecule has 5 heteroatoms. The Morgan fingerprint density at radius 1 is 1.09 bits per heavy atom. The molecule has 172 valence electrons. The summed E-state index contributed by atoms with van der Waals surface area (Å²) >= 11 is 0. The molecule has 0 saturated heterocycles. The van der Waals surface area contributed by atoms with Crippen molar-refractivity contribution in [2.45, 2.75) is 40.5 Å². The van der Waals surface area contributed by atoms with Crippen LogP contribution in [0.1, 0.15) is 58.6 Å². The van der Waals surface area contributed by atoms with Gasteiger partial charge in [-0.3, -0.25) is 4.79 Å². The third-order valence-electron chi connectivity index (χ3n) is 6.46. The quantitative estimate of drug-likeness (QED) is 0.456. The summed E-state index contributed by atoms with van der Waals surface area (Å²) in [5, 5.41) is 0.430. The fraction of sp³-hybridized carbons (Fsp3) is 0.357. The number of esters is 1. The number of fused-ring (bicyclic) bond motifs is 2. The summed E-state index contributed by atoms with van der Waals surface area (Å²) in [6, 6.07) is 11.3. The van der Waals surface area contributed by atoms with E-state index in [4.69, 9.17) is 9.15 Å². The topological polar surface area (TPSA) is 59.8 Å². The monoisotopic (exact) mass is 445 g/mol. The van der Waals surface area contributed by atoms with Gasteiger partial charge in [0.15, 0.2) is 5.43 Å². The first kappa shape index (κ1) is 23.0. The Balaban J connectivity index is 1.62. The summed E-state index contributed by atoms with van der Waals surface area (Å²) in [4.78, 5) is 28.0. The summed E-state index contributed by atoms with van der Waals surface area (Å²) in [6.45, 7) is 11.2. The largest absolute Gasteiger partial charge is 0.461 e. The highest BCUT2D eigenvalue weighted by Crippen LogP contribution is 2.34. The lowest BCUT2D eigenvalue weighted by atomic mass is 10.0. The Hall–Kier alpha value is -3.18. The Kier molecular flexibility index (Phi) is 6.80. The summed E-state index contributed by atoms with van der Waals surface area (Å²) in [5.74, 6) is 0.252. The van der Waals surface area contributed by atoms with Crippen molar-refractivity contribution in [1.82, 2.24) is 4.90 Å². The lowest BCUT2D eigenvalue weighted by molar-refractivity contribution is 0.0466. The Morgan fingerprint density at radius 3 is 2.64 bits per heavy atom. The van der Waals surface area contributed by atoms with Crippen LogP contribution in [0.4, 0.5) is 0 Å². The van der Waals surface area contributed by atoms with Gasteiger partial charge >= 0.3 is 5.97 Å². The second-order valence-corrected chi connectivity index (χ2v) is 8.64. The number of allylic oxidation sites excluding steroid dienone is 1. The number of hydrogen-bond acceptors (Lipinski definition) is 5. The van der Waals surface area contributed by atoms with E-state index < -0.39 is 5.97 Å². The maximum absolute atomic E-state index is 13.2. The van der Waals surface area contributed by atoms with Crippen molar-refractivity contribution < 1.29 is 13.9 Å². The van der Waals surface area contributed by atoms with Gasteiger partial charge in [0.1, 0.15) is 18.0 Å². The van der Waals surface area contributed by atoms with Crippen LogP contribution in [0.15, 0.2) is 45.6 Å². The van der Waals surface area contributed by atoms with Gasteiger partial charge in [-0.25, -0.2) is 4.79 Å². The second kappa shape index (κ2) is 9.75. The average molecular weight is 446 g/mol. The SMILES string of the molecule is CCN(CC)CCOC(=O)c1ccc2oc3c(c(=O)c2c1)CCC3=Cc1cc(C)ccc1C. The van der Waals surface area contributed by atoms with Crippen LogP contribution in [0.25, 0.3) is 22.6 Å². The molecule has 1 aromatic heterocycles. The molecule has 0 amide bonds. The summed E-state index contributed by atoms with van der Waals surface area (Å²) in [5.41, 5.74) is 6.06. The summed E-state index contributed by atoms with van der Waals surface area (Å²) in [6.07, 6.45) is 3.53. The van der Waals surface area contributed by atoms with E-state index in [1.54, 1.807) is 18.2 Å². The highest BCUT2D eigenvalue weighted by Gasteiger charge is 2.24. The van der Waals surface area contributed by atoms with Crippen LogP contribution in [0, 0.1) is 13.8 Å². The Bertz CT molecular complexity index is 1280. The van der Waals surface area contributed by atoms with Crippen LogP contribution in [-0.2, 0) is 11.2 Å². The Labute approximate surface area is 194 Å². The van der Waals surface area contributed by atoms with Gasteiger partial charge in [0, 0.05) is 12.1 Å². The minimum atomic E-state index is -0.417. The number of carbonyl (C=O) groups excluding carboxylic acids is 1. The zero-order chi connectivity index (χ0) is 23.5. The number of hydrogen-bond donors (Lipinski definition) is 0. The van der Waals surface area contributed by atoms with Gasteiger partial charge < -0.3 is 14.1 Å². The maximum Gasteiger partial charge on any atom is 0.338 e. The zero-order valence-corrected chi connectivity index (χ0v) is 19.9. The van der Waals surface area contributed by atoms with Crippen molar-refractivity contribution >= 4 is 28.6 Å². The molecule has 0 aliphatic heterocycles. The molecule has 0 bridgehead atoms. The first-order valence-electron chi connectivity index (χ1n) is 11.7. The van der Waals surface area contributed by atoms with Crippen LogP contribution in [-0.4, -0.2) is 37.1 Å². The molecule has 1 heterocycles. The maximum atomic E-state index is 13.2. The van der Waals surface area contributed by atoms with E-state index in [0.717, 1.165) is 30.6 Å². The number of benzene rings is 2. The highest BCUT2D eigenvalue weighted by atomic mass is 16.5. The molecule has 5 nitrogen and oxygen atoms in total. The van der Waals surface area contributed by atoms with E-state index in [9.17, 15) is 9.59 Å². The number of rotatable bonds is 7. The minimum absolute atomic E-state index is 0.0617. The van der Waals surface area contributed by atoms with Crippen LogP contribution < -0.4 is 5.43 Å². The summed E-state index contributed by atoms with van der Waals surface area (Å²) in [7, 11) is 0. The molecule has 3 aromatic rings. The molecule has 0 atom stereocenters. The summed E-state index contributed by atoms with van der Waals surface area (Å²) < 4.78 is 11.6. The van der Waals surface area contributed by atoms with E-state index in [0.29, 0.717) is 47.4 Å². The predicted octanol–water partition coefficient (Wildman–Crippen LogP) is 5.40. The normalized spacial score (nSPS) is 14.3. The molecule has 0 fully saturated rings. The minimum Gasteiger partial charge on any atom is -0.461 e. The fourth-order valence-electron chi connectivity index (χ4n) is 4.35. The van der Waals surface area contributed by atoms with Crippen LogP contribution in [0.3, 0.4) is 0 Å². The van der Waals surface area contributed by atoms with Gasteiger partial charge in [0.05, 0.1) is 10.9 Å².